The number of carbonyl (C=O) groups is 1. The van der Waals surface area contributed by atoms with Crippen LogP contribution in [-0.4, -0.2) is 38.7 Å². The van der Waals surface area contributed by atoms with Crippen molar-refractivity contribution in [2.24, 2.45) is 5.92 Å². The molecule has 0 atom stereocenters. The smallest absolute Gasteiger partial charge is 0.377 e. The highest BCUT2D eigenvalue weighted by Crippen LogP contribution is 2.20. The van der Waals surface area contributed by atoms with E-state index in [1.54, 1.807) is 0 Å². The SMILES string of the molecule is CCCCOc1ccc(CCC2COC(OC(=O)C(F)F)OC2)cc1. The minimum atomic E-state index is -3.18. The van der Waals surface area contributed by atoms with Gasteiger partial charge in [0, 0.05) is 5.92 Å². The van der Waals surface area contributed by atoms with Gasteiger partial charge in [0.2, 0.25) is 0 Å². The maximum Gasteiger partial charge on any atom is 0.377 e. The van der Waals surface area contributed by atoms with Crippen LogP contribution >= 0.6 is 0 Å². The van der Waals surface area contributed by atoms with Crippen molar-refractivity contribution in [1.82, 2.24) is 0 Å². The average Bonchev–Trinajstić information content (AvgIpc) is 2.62. The first kappa shape index (κ1) is 19.6. The van der Waals surface area contributed by atoms with Gasteiger partial charge < -0.3 is 18.9 Å². The van der Waals surface area contributed by atoms with Crippen LogP contribution in [0.3, 0.4) is 0 Å². The Morgan fingerprint density at radius 2 is 1.92 bits per heavy atom. The lowest BCUT2D eigenvalue weighted by molar-refractivity contribution is -0.312. The monoisotopic (exact) mass is 358 g/mol. The quantitative estimate of drug-likeness (QED) is 0.499. The van der Waals surface area contributed by atoms with Gasteiger partial charge in [-0.15, -0.1) is 0 Å². The molecule has 140 valence electrons. The Morgan fingerprint density at radius 3 is 2.52 bits per heavy atom. The van der Waals surface area contributed by atoms with E-state index in [1.807, 2.05) is 24.3 Å². The molecule has 1 aromatic rings. The number of carbonyl (C=O) groups excluding carboxylic acids is 1. The van der Waals surface area contributed by atoms with Crippen LogP contribution in [0.25, 0.3) is 0 Å². The number of hydrogen-bond donors (Lipinski definition) is 0. The second kappa shape index (κ2) is 10.3. The fourth-order valence-electron chi connectivity index (χ4n) is 2.36. The summed E-state index contributed by atoms with van der Waals surface area (Å²) in [6.45, 7) is 2.12. The molecular formula is C18H24F2O5. The van der Waals surface area contributed by atoms with Crippen LogP contribution < -0.4 is 4.74 Å². The molecule has 25 heavy (non-hydrogen) atoms. The predicted octanol–water partition coefficient (Wildman–Crippen LogP) is 3.55. The maximum atomic E-state index is 12.1. The minimum Gasteiger partial charge on any atom is -0.494 e. The van der Waals surface area contributed by atoms with E-state index in [0.29, 0.717) is 13.2 Å². The second-order valence-corrected chi connectivity index (χ2v) is 5.94. The van der Waals surface area contributed by atoms with Gasteiger partial charge in [-0.2, -0.15) is 8.78 Å². The predicted molar refractivity (Wildman–Crippen MR) is 86.4 cm³/mol. The zero-order valence-electron chi connectivity index (χ0n) is 14.3. The van der Waals surface area contributed by atoms with Gasteiger partial charge in [0.05, 0.1) is 19.8 Å². The fourth-order valence-corrected chi connectivity index (χ4v) is 2.36. The molecule has 0 N–H and O–H groups in total. The lowest BCUT2D eigenvalue weighted by atomic mass is 10.0. The van der Waals surface area contributed by atoms with Crippen LogP contribution in [0.15, 0.2) is 24.3 Å². The van der Waals surface area contributed by atoms with Crippen molar-refractivity contribution in [2.45, 2.75) is 45.5 Å². The first-order chi connectivity index (χ1) is 12.1. The number of alkyl halides is 2. The molecule has 7 heteroatoms. The molecule has 1 aliphatic heterocycles. The van der Waals surface area contributed by atoms with E-state index in [0.717, 1.165) is 38.0 Å². The highest BCUT2D eigenvalue weighted by atomic mass is 19.3. The molecular weight excluding hydrogens is 334 g/mol. The molecule has 0 aliphatic carbocycles. The summed E-state index contributed by atoms with van der Waals surface area (Å²) >= 11 is 0. The summed E-state index contributed by atoms with van der Waals surface area (Å²) in [5.74, 6) is -0.642. The summed E-state index contributed by atoms with van der Waals surface area (Å²) in [6, 6.07) is 7.97. The van der Waals surface area contributed by atoms with Gasteiger partial charge in [0.25, 0.3) is 0 Å². The third kappa shape index (κ3) is 6.96. The topological polar surface area (TPSA) is 54.0 Å². The van der Waals surface area contributed by atoms with Gasteiger partial charge in [-0.3, -0.25) is 0 Å². The molecule has 0 aromatic heterocycles. The fraction of sp³-hybridized carbons (Fsp3) is 0.611. The molecule has 2 rings (SSSR count). The molecule has 0 unspecified atom stereocenters. The lowest BCUT2D eigenvalue weighted by Gasteiger charge is -2.28. The number of unbranched alkanes of at least 4 members (excludes halogenated alkanes) is 1. The van der Waals surface area contributed by atoms with Crippen LogP contribution in [0.5, 0.6) is 5.75 Å². The first-order valence-corrected chi connectivity index (χ1v) is 8.52. The van der Waals surface area contributed by atoms with E-state index >= 15 is 0 Å². The molecule has 0 spiro atoms. The lowest BCUT2D eigenvalue weighted by Crippen LogP contribution is -2.36. The Hall–Kier alpha value is -1.73. The van der Waals surface area contributed by atoms with E-state index in [9.17, 15) is 13.6 Å². The Kier molecular flexibility index (Phi) is 8.08. The van der Waals surface area contributed by atoms with E-state index in [-0.39, 0.29) is 5.92 Å². The second-order valence-electron chi connectivity index (χ2n) is 5.94. The van der Waals surface area contributed by atoms with Crippen molar-refractivity contribution in [3.63, 3.8) is 0 Å². The van der Waals surface area contributed by atoms with Crippen LogP contribution in [0.1, 0.15) is 31.7 Å². The van der Waals surface area contributed by atoms with Crippen molar-refractivity contribution in [2.75, 3.05) is 19.8 Å². The van der Waals surface area contributed by atoms with E-state index < -0.39 is 18.9 Å². The van der Waals surface area contributed by atoms with Crippen LogP contribution in [0, 0.1) is 5.92 Å². The van der Waals surface area contributed by atoms with Crippen molar-refractivity contribution >= 4 is 5.97 Å². The van der Waals surface area contributed by atoms with Crippen LogP contribution in [-0.2, 0) is 25.4 Å². The molecule has 1 fully saturated rings. The molecule has 1 heterocycles. The zero-order chi connectivity index (χ0) is 18.1. The molecule has 1 aliphatic rings. The third-order valence-electron chi connectivity index (χ3n) is 3.86. The number of hydrogen-bond acceptors (Lipinski definition) is 5. The Labute approximate surface area is 146 Å². The van der Waals surface area contributed by atoms with Crippen molar-refractivity contribution in [3.8, 4) is 5.75 Å². The van der Waals surface area contributed by atoms with E-state index in [2.05, 4.69) is 11.7 Å². The number of benzene rings is 1. The van der Waals surface area contributed by atoms with Crippen LogP contribution in [0.4, 0.5) is 8.78 Å². The van der Waals surface area contributed by atoms with Gasteiger partial charge in [-0.25, -0.2) is 4.79 Å². The average molecular weight is 358 g/mol. The standard InChI is InChI=1S/C18H24F2O5/c1-2-3-10-22-15-8-6-13(7-9-15)4-5-14-11-23-18(24-12-14)25-17(21)16(19)20/h6-9,14,16,18H,2-5,10-12H2,1H3. The van der Waals surface area contributed by atoms with Crippen molar-refractivity contribution in [1.29, 1.82) is 0 Å². The third-order valence-corrected chi connectivity index (χ3v) is 3.86. The summed E-state index contributed by atoms with van der Waals surface area (Å²) in [5, 5.41) is 0. The van der Waals surface area contributed by atoms with Gasteiger partial charge in [0.1, 0.15) is 5.75 Å². The van der Waals surface area contributed by atoms with Crippen molar-refractivity contribution in [3.05, 3.63) is 29.8 Å². The summed E-state index contributed by atoms with van der Waals surface area (Å²) in [6.07, 6.45) is 0.626. The van der Waals surface area contributed by atoms with Gasteiger partial charge in [-0.1, -0.05) is 25.5 Å². The largest absolute Gasteiger partial charge is 0.494 e. The first-order valence-electron chi connectivity index (χ1n) is 8.52. The maximum absolute atomic E-state index is 12.1. The number of halogens is 2. The highest BCUT2D eigenvalue weighted by molar-refractivity contribution is 5.72. The number of aryl methyl sites for hydroxylation is 1. The van der Waals surface area contributed by atoms with Crippen LogP contribution in [0.2, 0.25) is 0 Å². The molecule has 0 saturated carbocycles. The summed E-state index contributed by atoms with van der Waals surface area (Å²) in [7, 11) is 0. The molecule has 5 nitrogen and oxygen atoms in total. The molecule has 0 radical (unpaired) electrons. The summed E-state index contributed by atoms with van der Waals surface area (Å²) in [5.41, 5.74) is 1.18. The van der Waals surface area contributed by atoms with Crippen molar-refractivity contribution < 1.29 is 32.5 Å². The van der Waals surface area contributed by atoms with Gasteiger partial charge in [0.15, 0.2) is 0 Å². The number of ether oxygens (including phenoxy) is 4. The Bertz CT molecular complexity index is 513. The summed E-state index contributed by atoms with van der Waals surface area (Å²) < 4.78 is 44.5. The Balaban J connectivity index is 1.66. The highest BCUT2D eigenvalue weighted by Gasteiger charge is 2.28. The van der Waals surface area contributed by atoms with E-state index in [4.69, 9.17) is 14.2 Å². The molecule has 1 saturated heterocycles. The molecule has 1 aromatic carbocycles. The number of esters is 1. The van der Waals surface area contributed by atoms with E-state index in [1.165, 1.54) is 5.56 Å². The van der Waals surface area contributed by atoms with Gasteiger partial charge >= 0.3 is 18.9 Å². The molecule has 0 bridgehead atoms. The summed E-state index contributed by atoms with van der Waals surface area (Å²) in [4.78, 5) is 10.8. The normalized spacial score (nSPS) is 20.5. The minimum absolute atomic E-state index is 0.127. The zero-order valence-corrected chi connectivity index (χ0v) is 14.3. The molecule has 0 amide bonds. The number of rotatable bonds is 9. The van der Waals surface area contributed by atoms with Gasteiger partial charge in [-0.05, 0) is 37.0 Å². The Morgan fingerprint density at radius 1 is 1.24 bits per heavy atom.